The van der Waals surface area contributed by atoms with E-state index in [1.165, 1.54) is 11.8 Å². The van der Waals surface area contributed by atoms with Crippen molar-refractivity contribution in [3.05, 3.63) is 82.6 Å². The van der Waals surface area contributed by atoms with Gasteiger partial charge in [-0.15, -0.1) is 0 Å². The van der Waals surface area contributed by atoms with Gasteiger partial charge in [0.25, 0.3) is 5.91 Å². The predicted molar refractivity (Wildman–Crippen MR) is 133 cm³/mol. The molecule has 3 atom stereocenters. The summed E-state index contributed by atoms with van der Waals surface area (Å²) in [5.74, 6) is 0.0633. The molecule has 178 valence electrons. The van der Waals surface area contributed by atoms with E-state index >= 15 is 0 Å². The first-order valence-corrected chi connectivity index (χ1v) is 12.3. The fraction of sp³-hybridized carbons (Fsp3) is 0.360. The summed E-state index contributed by atoms with van der Waals surface area (Å²) >= 11 is 3.48. The number of imidazole rings is 1. The smallest absolute Gasteiger partial charge is 0.253 e. The number of hydrogen-bond donors (Lipinski definition) is 4. The van der Waals surface area contributed by atoms with Gasteiger partial charge in [-0.2, -0.15) is 0 Å². The molecule has 9 heteroatoms. The molecule has 34 heavy (non-hydrogen) atoms. The number of aromatic nitrogens is 3. The molecule has 8 nitrogen and oxygen atoms in total. The largest absolute Gasteiger partial charge is 0.349 e. The number of unbranched alkanes of at least 4 members (excludes halogenated alkanes) is 1. The Balaban J connectivity index is 1.23. The van der Waals surface area contributed by atoms with Crippen LogP contribution in [0.25, 0.3) is 0 Å². The van der Waals surface area contributed by atoms with Gasteiger partial charge in [0.2, 0.25) is 5.91 Å². The summed E-state index contributed by atoms with van der Waals surface area (Å²) in [5.41, 5.74) is 2.61. The summed E-state index contributed by atoms with van der Waals surface area (Å²) in [6, 6.07) is 11.8. The van der Waals surface area contributed by atoms with Gasteiger partial charge in [-0.25, -0.2) is 4.98 Å². The van der Waals surface area contributed by atoms with E-state index in [1.54, 1.807) is 30.9 Å². The lowest BCUT2D eigenvalue weighted by Crippen LogP contribution is -2.46. The molecular formula is C25H29BrN6O2. The molecule has 4 rings (SSSR count). The van der Waals surface area contributed by atoms with Gasteiger partial charge in [0, 0.05) is 35.0 Å². The van der Waals surface area contributed by atoms with Gasteiger partial charge in [-0.1, -0.05) is 28.1 Å². The van der Waals surface area contributed by atoms with E-state index in [0.717, 1.165) is 36.0 Å². The van der Waals surface area contributed by atoms with Gasteiger partial charge >= 0.3 is 0 Å². The molecule has 0 radical (unpaired) electrons. The minimum absolute atomic E-state index is 0.211. The molecule has 0 spiro atoms. The molecule has 2 amide bonds. The molecule has 2 heterocycles. The highest BCUT2D eigenvalue weighted by atomic mass is 79.9. The minimum Gasteiger partial charge on any atom is -0.349 e. The summed E-state index contributed by atoms with van der Waals surface area (Å²) < 4.78 is 1.10. The van der Waals surface area contributed by atoms with E-state index in [9.17, 15) is 9.59 Å². The predicted octanol–water partition coefficient (Wildman–Crippen LogP) is 3.30. The maximum Gasteiger partial charge on any atom is 0.253 e. The number of benzene rings is 1. The first-order chi connectivity index (χ1) is 16.6. The Labute approximate surface area is 207 Å². The van der Waals surface area contributed by atoms with Crippen LogP contribution in [0.3, 0.4) is 0 Å². The molecule has 4 N–H and O–H groups in total. The zero-order valence-electron chi connectivity index (χ0n) is 18.8. The highest BCUT2D eigenvalue weighted by molar-refractivity contribution is 9.10. The van der Waals surface area contributed by atoms with Crippen molar-refractivity contribution in [1.82, 2.24) is 30.9 Å². The van der Waals surface area contributed by atoms with Crippen LogP contribution in [0, 0.1) is 0 Å². The second-order valence-corrected chi connectivity index (χ2v) is 9.43. The van der Waals surface area contributed by atoms with Crippen molar-refractivity contribution >= 4 is 27.7 Å². The van der Waals surface area contributed by atoms with Gasteiger partial charge in [0.1, 0.15) is 6.04 Å². The molecule has 3 unspecified atom stereocenters. The number of amides is 2. The second kappa shape index (κ2) is 11.9. The van der Waals surface area contributed by atoms with E-state index in [4.69, 9.17) is 0 Å². The van der Waals surface area contributed by atoms with Crippen LogP contribution >= 0.6 is 15.9 Å². The van der Waals surface area contributed by atoms with Gasteiger partial charge in [-0.3, -0.25) is 14.6 Å². The van der Waals surface area contributed by atoms with Gasteiger partial charge in [-0.05, 0) is 62.1 Å². The number of carbonyl (C=O) groups is 2. The van der Waals surface area contributed by atoms with Gasteiger partial charge in [0.15, 0.2) is 0 Å². The number of nitrogens with zero attached hydrogens (tertiary/aromatic N) is 2. The van der Waals surface area contributed by atoms with E-state index in [-0.39, 0.29) is 11.8 Å². The SMILES string of the molecule is O=C(NC(CCCCNC1CC1c1ccc(Br)cc1)C(=O)NCc1cnc[nH]1)c1cccnc1. The van der Waals surface area contributed by atoms with Crippen molar-refractivity contribution < 1.29 is 9.59 Å². The molecule has 1 aliphatic carbocycles. The third-order valence-corrected chi connectivity index (χ3v) is 6.50. The van der Waals surface area contributed by atoms with E-state index < -0.39 is 6.04 Å². The Morgan fingerprint density at radius 3 is 2.71 bits per heavy atom. The third-order valence-electron chi connectivity index (χ3n) is 5.97. The first kappa shape index (κ1) is 24.1. The van der Waals surface area contributed by atoms with Gasteiger partial charge in [0.05, 0.1) is 24.1 Å². The summed E-state index contributed by atoms with van der Waals surface area (Å²) in [6.45, 7) is 1.22. The minimum atomic E-state index is -0.618. The Bertz CT molecular complexity index is 1060. The normalized spacial score (nSPS) is 17.7. The van der Waals surface area contributed by atoms with E-state index in [0.29, 0.717) is 30.5 Å². The third kappa shape index (κ3) is 6.98. The van der Waals surface area contributed by atoms with Crippen molar-refractivity contribution in [3.63, 3.8) is 0 Å². The van der Waals surface area contributed by atoms with Crippen molar-refractivity contribution in [1.29, 1.82) is 0 Å². The maximum atomic E-state index is 12.8. The van der Waals surface area contributed by atoms with E-state index in [2.05, 4.69) is 71.1 Å². The van der Waals surface area contributed by atoms with Crippen LogP contribution in [0.1, 0.15) is 53.2 Å². The molecule has 0 saturated heterocycles. The molecule has 0 aliphatic heterocycles. The summed E-state index contributed by atoms with van der Waals surface area (Å²) in [4.78, 5) is 36.3. The molecule has 0 bridgehead atoms. The Kier molecular flexibility index (Phi) is 8.43. The van der Waals surface area contributed by atoms with E-state index in [1.807, 2.05) is 0 Å². The Morgan fingerprint density at radius 1 is 1.12 bits per heavy atom. The number of rotatable bonds is 12. The average Bonchev–Trinajstić information content (AvgIpc) is 3.43. The molecule has 1 saturated carbocycles. The molecule has 1 fully saturated rings. The molecular weight excluding hydrogens is 496 g/mol. The average molecular weight is 525 g/mol. The molecule has 1 aliphatic rings. The number of nitrogens with one attached hydrogen (secondary N) is 4. The second-order valence-electron chi connectivity index (χ2n) is 8.51. The van der Waals surface area contributed by atoms with Crippen LogP contribution in [0.4, 0.5) is 0 Å². The van der Waals surface area contributed by atoms with Crippen LogP contribution in [-0.2, 0) is 11.3 Å². The fourth-order valence-electron chi connectivity index (χ4n) is 3.95. The highest BCUT2D eigenvalue weighted by Gasteiger charge is 2.37. The zero-order chi connectivity index (χ0) is 23.8. The molecule has 1 aromatic carbocycles. The van der Waals surface area contributed by atoms with Crippen molar-refractivity contribution in [3.8, 4) is 0 Å². The number of halogens is 1. The van der Waals surface area contributed by atoms with Crippen molar-refractivity contribution in [2.45, 2.75) is 50.2 Å². The summed E-state index contributed by atoms with van der Waals surface area (Å²) in [5, 5.41) is 9.36. The zero-order valence-corrected chi connectivity index (χ0v) is 20.4. The van der Waals surface area contributed by atoms with Crippen LogP contribution in [0.2, 0.25) is 0 Å². The first-order valence-electron chi connectivity index (χ1n) is 11.5. The lowest BCUT2D eigenvalue weighted by molar-refractivity contribution is -0.123. The van der Waals surface area contributed by atoms with Crippen LogP contribution in [0.15, 0.2) is 65.8 Å². The number of H-pyrrole nitrogens is 1. The lowest BCUT2D eigenvalue weighted by atomic mass is 10.1. The van der Waals surface area contributed by atoms with Crippen LogP contribution in [0.5, 0.6) is 0 Å². The van der Waals surface area contributed by atoms with Crippen molar-refractivity contribution in [2.24, 2.45) is 0 Å². The van der Waals surface area contributed by atoms with Crippen LogP contribution < -0.4 is 16.0 Å². The van der Waals surface area contributed by atoms with Crippen LogP contribution in [-0.4, -0.2) is 45.4 Å². The molecule has 2 aromatic heterocycles. The summed E-state index contributed by atoms with van der Waals surface area (Å²) in [6.07, 6.45) is 9.79. The Morgan fingerprint density at radius 2 is 1.97 bits per heavy atom. The Hall–Kier alpha value is -3.04. The quantitative estimate of drug-likeness (QED) is 0.271. The lowest BCUT2D eigenvalue weighted by Gasteiger charge is -2.18. The standard InChI is InChI=1S/C25H29BrN6O2/c26-19-8-6-17(7-9-19)21-12-23(21)29-11-2-1-5-22(25(34)30-15-20-14-28-16-31-20)32-24(33)18-4-3-10-27-13-18/h3-4,6-10,13-14,16,21-23,29H,1-2,5,11-12,15H2,(H,28,31)(H,30,34)(H,32,33). The number of pyridine rings is 1. The monoisotopic (exact) mass is 524 g/mol. The van der Waals surface area contributed by atoms with Crippen molar-refractivity contribution in [2.75, 3.05) is 6.54 Å². The topological polar surface area (TPSA) is 112 Å². The maximum absolute atomic E-state index is 12.8. The number of hydrogen-bond acceptors (Lipinski definition) is 5. The fourth-order valence-corrected chi connectivity index (χ4v) is 4.22. The number of carbonyl (C=O) groups excluding carboxylic acids is 2. The number of aromatic amines is 1. The van der Waals surface area contributed by atoms with Gasteiger partial charge < -0.3 is 20.9 Å². The molecule has 3 aromatic rings. The highest BCUT2D eigenvalue weighted by Crippen LogP contribution is 2.41. The summed E-state index contributed by atoms with van der Waals surface area (Å²) in [7, 11) is 0.